The highest BCUT2D eigenvalue weighted by Crippen LogP contribution is 2.45. The fraction of sp³-hybridized carbons (Fsp3) is 0.381. The van der Waals surface area contributed by atoms with Crippen LogP contribution in [0.25, 0.3) is 0 Å². The van der Waals surface area contributed by atoms with Crippen LogP contribution in [0.1, 0.15) is 29.0 Å². The van der Waals surface area contributed by atoms with Crippen LogP contribution in [0.3, 0.4) is 0 Å². The van der Waals surface area contributed by atoms with Crippen molar-refractivity contribution in [1.29, 1.82) is 0 Å². The molecule has 0 N–H and O–H groups in total. The van der Waals surface area contributed by atoms with Crippen LogP contribution in [0, 0.1) is 17.7 Å². The highest BCUT2D eigenvalue weighted by Gasteiger charge is 2.49. The minimum Gasteiger partial charge on any atom is -0.497 e. The molecule has 1 aromatic carbocycles. The average Bonchev–Trinajstić information content (AvgIpc) is 3.26. The van der Waals surface area contributed by atoms with Gasteiger partial charge in [-0.25, -0.2) is 9.37 Å². The third kappa shape index (κ3) is 3.21. The van der Waals surface area contributed by atoms with Crippen molar-refractivity contribution < 1.29 is 18.7 Å². The zero-order valence-corrected chi connectivity index (χ0v) is 15.8. The molecule has 3 heterocycles. The number of fused-ring (bicyclic) bond motifs is 1. The summed E-state index contributed by atoms with van der Waals surface area (Å²) in [6.07, 6.45) is 1.06. The van der Waals surface area contributed by atoms with Crippen molar-refractivity contribution in [3.63, 3.8) is 0 Å². The predicted molar refractivity (Wildman–Crippen MR) is 100 cm³/mol. The number of likely N-dealkylation sites (tertiary alicyclic amines) is 2. The van der Waals surface area contributed by atoms with E-state index in [1.54, 1.807) is 18.9 Å². The Morgan fingerprint density at radius 1 is 1.11 bits per heavy atom. The zero-order valence-electron chi connectivity index (χ0n) is 15.8. The summed E-state index contributed by atoms with van der Waals surface area (Å²) < 4.78 is 18.3. The zero-order chi connectivity index (χ0) is 19.8. The lowest BCUT2D eigenvalue weighted by molar-refractivity contribution is -0.130. The molecule has 2 aromatic rings. The monoisotopic (exact) mass is 383 g/mol. The summed E-state index contributed by atoms with van der Waals surface area (Å²) in [7, 11) is 1.62. The highest BCUT2D eigenvalue weighted by molar-refractivity contribution is 5.92. The molecular formula is C21H22FN3O3. The van der Waals surface area contributed by atoms with Gasteiger partial charge in [0.05, 0.1) is 19.3 Å². The van der Waals surface area contributed by atoms with Gasteiger partial charge in [-0.2, -0.15) is 0 Å². The van der Waals surface area contributed by atoms with E-state index in [4.69, 9.17) is 4.74 Å². The van der Waals surface area contributed by atoms with Crippen LogP contribution >= 0.6 is 0 Å². The summed E-state index contributed by atoms with van der Waals surface area (Å²) in [5.41, 5.74) is 1.28. The number of aromatic nitrogens is 1. The van der Waals surface area contributed by atoms with Gasteiger partial charge in [-0.05, 0) is 29.8 Å². The van der Waals surface area contributed by atoms with E-state index in [9.17, 15) is 14.0 Å². The van der Waals surface area contributed by atoms with Crippen molar-refractivity contribution in [2.75, 3.05) is 26.7 Å². The molecule has 2 fully saturated rings. The molecular weight excluding hydrogens is 361 g/mol. The first-order chi connectivity index (χ1) is 13.5. The number of ether oxygens (including phenoxy) is 1. The lowest BCUT2D eigenvalue weighted by atomic mass is 9.89. The number of halogens is 1. The van der Waals surface area contributed by atoms with Crippen LogP contribution in [-0.4, -0.2) is 53.3 Å². The number of carbonyl (C=O) groups excluding carboxylic acids is 2. The Bertz CT molecular complexity index is 885. The average molecular weight is 383 g/mol. The second-order valence-corrected chi connectivity index (χ2v) is 7.39. The Labute approximate surface area is 162 Å². The molecule has 0 radical (unpaired) electrons. The minimum atomic E-state index is -0.466. The molecule has 28 heavy (non-hydrogen) atoms. The molecule has 2 aliphatic rings. The molecule has 4 rings (SSSR count). The molecule has 0 aliphatic carbocycles. The fourth-order valence-electron chi connectivity index (χ4n) is 4.43. The maximum absolute atomic E-state index is 13.1. The molecule has 0 saturated carbocycles. The van der Waals surface area contributed by atoms with Crippen molar-refractivity contribution in [2.24, 2.45) is 11.8 Å². The van der Waals surface area contributed by atoms with Crippen LogP contribution in [-0.2, 0) is 4.79 Å². The molecule has 2 aliphatic heterocycles. The van der Waals surface area contributed by atoms with E-state index in [-0.39, 0.29) is 35.4 Å². The lowest BCUT2D eigenvalue weighted by Gasteiger charge is -2.29. The molecule has 0 bridgehead atoms. The summed E-state index contributed by atoms with van der Waals surface area (Å²) in [6.45, 7) is 3.32. The van der Waals surface area contributed by atoms with Gasteiger partial charge in [0, 0.05) is 38.4 Å². The van der Waals surface area contributed by atoms with E-state index in [2.05, 4.69) is 4.98 Å². The second-order valence-electron chi connectivity index (χ2n) is 7.39. The summed E-state index contributed by atoms with van der Waals surface area (Å²) in [4.78, 5) is 32.6. The minimum absolute atomic E-state index is 0.0355. The Kier molecular flexibility index (Phi) is 4.75. The van der Waals surface area contributed by atoms with E-state index in [1.165, 1.54) is 12.1 Å². The maximum atomic E-state index is 13.1. The molecule has 146 valence electrons. The Hall–Kier alpha value is -2.96. The third-order valence-electron chi connectivity index (χ3n) is 5.76. The van der Waals surface area contributed by atoms with Crippen molar-refractivity contribution in [3.8, 4) is 5.75 Å². The van der Waals surface area contributed by atoms with Crippen LogP contribution in [0.15, 0.2) is 42.6 Å². The van der Waals surface area contributed by atoms with Crippen LogP contribution in [0.4, 0.5) is 4.39 Å². The van der Waals surface area contributed by atoms with E-state index >= 15 is 0 Å². The molecule has 7 heteroatoms. The molecule has 6 nitrogen and oxygen atoms in total. The molecule has 0 unspecified atom stereocenters. The van der Waals surface area contributed by atoms with E-state index < -0.39 is 5.82 Å². The number of hydrogen-bond donors (Lipinski definition) is 0. The molecule has 3 atom stereocenters. The summed E-state index contributed by atoms with van der Waals surface area (Å²) in [6, 6.07) is 10.3. The highest BCUT2D eigenvalue weighted by atomic mass is 19.1. The van der Waals surface area contributed by atoms with Gasteiger partial charge in [-0.15, -0.1) is 0 Å². The van der Waals surface area contributed by atoms with Gasteiger partial charge in [0.2, 0.25) is 5.91 Å². The van der Waals surface area contributed by atoms with Crippen molar-refractivity contribution in [2.45, 2.75) is 13.0 Å². The van der Waals surface area contributed by atoms with E-state index in [0.717, 1.165) is 17.5 Å². The first-order valence-corrected chi connectivity index (χ1v) is 9.30. The van der Waals surface area contributed by atoms with Gasteiger partial charge in [0.1, 0.15) is 17.3 Å². The molecule has 2 saturated heterocycles. The number of carbonyl (C=O) groups is 2. The molecule has 0 spiro atoms. The smallest absolute Gasteiger partial charge is 0.272 e. The number of amides is 2. The third-order valence-corrected chi connectivity index (χ3v) is 5.76. The summed E-state index contributed by atoms with van der Waals surface area (Å²) in [5, 5.41) is 0. The van der Waals surface area contributed by atoms with Crippen LogP contribution in [0.5, 0.6) is 5.75 Å². The van der Waals surface area contributed by atoms with Gasteiger partial charge >= 0.3 is 0 Å². The largest absolute Gasteiger partial charge is 0.497 e. The predicted octanol–water partition coefficient (Wildman–Crippen LogP) is 2.52. The SMILES string of the molecule is COc1ccc([C@H]2[C@@H]3CN(C(=O)c4ccc(F)cn4)C[C@@H]3CN2C(C)=O)cc1. The van der Waals surface area contributed by atoms with Crippen LogP contribution in [0.2, 0.25) is 0 Å². The van der Waals surface area contributed by atoms with Gasteiger partial charge in [0.25, 0.3) is 5.91 Å². The standard InChI is InChI=1S/C21H22FN3O3/c1-13(26)25-11-15-10-24(21(27)19-8-5-16(22)9-23-19)12-18(15)20(25)14-3-6-17(28-2)7-4-14/h3-9,15,18,20H,10-12H2,1-2H3/t15-,18-,20+/m1/s1. The topological polar surface area (TPSA) is 62.7 Å². The van der Waals surface area contributed by atoms with E-state index in [1.807, 2.05) is 29.2 Å². The Morgan fingerprint density at radius 3 is 2.46 bits per heavy atom. The molecule has 2 amide bonds. The van der Waals surface area contributed by atoms with Crippen molar-refractivity contribution in [1.82, 2.24) is 14.8 Å². The number of rotatable bonds is 3. The van der Waals surface area contributed by atoms with Gasteiger partial charge in [0.15, 0.2) is 0 Å². The summed E-state index contributed by atoms with van der Waals surface area (Å²) >= 11 is 0. The Morgan fingerprint density at radius 2 is 1.86 bits per heavy atom. The fourth-order valence-corrected chi connectivity index (χ4v) is 4.43. The Balaban J connectivity index is 1.57. The number of benzene rings is 1. The van der Waals surface area contributed by atoms with E-state index in [0.29, 0.717) is 19.6 Å². The lowest BCUT2D eigenvalue weighted by Crippen LogP contribution is -2.36. The number of methoxy groups -OCH3 is 1. The summed E-state index contributed by atoms with van der Waals surface area (Å²) in [5.74, 6) is 0.498. The van der Waals surface area contributed by atoms with Gasteiger partial charge in [-0.3, -0.25) is 9.59 Å². The van der Waals surface area contributed by atoms with Gasteiger partial charge in [-0.1, -0.05) is 12.1 Å². The maximum Gasteiger partial charge on any atom is 0.272 e. The molecule has 1 aromatic heterocycles. The first-order valence-electron chi connectivity index (χ1n) is 9.30. The number of pyridine rings is 1. The van der Waals surface area contributed by atoms with Crippen molar-refractivity contribution >= 4 is 11.8 Å². The van der Waals surface area contributed by atoms with Gasteiger partial charge < -0.3 is 14.5 Å². The normalized spacial score (nSPS) is 23.6. The second kappa shape index (κ2) is 7.22. The van der Waals surface area contributed by atoms with Crippen molar-refractivity contribution in [3.05, 3.63) is 59.7 Å². The first kappa shape index (κ1) is 18.4. The van der Waals surface area contributed by atoms with Crippen LogP contribution < -0.4 is 4.74 Å². The quantitative estimate of drug-likeness (QED) is 0.817. The number of nitrogens with zero attached hydrogens (tertiary/aromatic N) is 3. The number of hydrogen-bond acceptors (Lipinski definition) is 4.